The zero-order valence-electron chi connectivity index (χ0n) is 14.0. The lowest BCUT2D eigenvalue weighted by molar-refractivity contribution is 0.271. The molecule has 0 atom stereocenters. The summed E-state index contributed by atoms with van der Waals surface area (Å²) in [5, 5.41) is 12.2. The maximum absolute atomic E-state index is 9.36. The van der Waals surface area contributed by atoms with E-state index in [4.69, 9.17) is 13.2 Å². The quantitative estimate of drug-likeness (QED) is 0.664. The summed E-state index contributed by atoms with van der Waals surface area (Å²) in [5.74, 6) is 0.737. The largest absolute Gasteiger partial charge is 0.457 e. The van der Waals surface area contributed by atoms with Gasteiger partial charge in [0.2, 0.25) is 11.9 Å². The van der Waals surface area contributed by atoms with Gasteiger partial charge in [-0.3, -0.25) is 0 Å². The van der Waals surface area contributed by atoms with Crippen LogP contribution in [0.15, 0.2) is 54.6 Å². The van der Waals surface area contributed by atoms with Gasteiger partial charge in [0.15, 0.2) is 5.82 Å². The van der Waals surface area contributed by atoms with Gasteiger partial charge in [-0.15, -0.1) is 0 Å². The number of nitrogens with two attached hydrogens (primary N) is 1. The van der Waals surface area contributed by atoms with Crippen LogP contribution in [0.5, 0.6) is 11.5 Å². The van der Waals surface area contributed by atoms with Crippen molar-refractivity contribution >= 4 is 17.6 Å². The first-order valence-electron chi connectivity index (χ1n) is 7.74. The molecule has 0 aliphatic rings. The van der Waals surface area contributed by atoms with E-state index in [-0.39, 0.29) is 11.9 Å². The van der Waals surface area contributed by atoms with Crippen LogP contribution in [0.4, 0.5) is 17.6 Å². The van der Waals surface area contributed by atoms with Crippen LogP contribution in [0, 0.1) is 0 Å². The third-order valence-electron chi connectivity index (χ3n) is 2.84. The van der Waals surface area contributed by atoms with E-state index < -0.39 is 12.4 Å². The molecule has 0 spiro atoms. The van der Waals surface area contributed by atoms with Gasteiger partial charge < -0.3 is 20.9 Å². The fourth-order valence-electron chi connectivity index (χ4n) is 1.86. The van der Waals surface area contributed by atoms with Crippen LogP contribution in [0.25, 0.3) is 0 Å². The highest BCUT2D eigenvalue weighted by atomic mass is 16.5. The number of nitrogens with one attached hydrogen (secondary N) is 1. The first-order chi connectivity index (χ1) is 11.9. The molecule has 0 bridgehead atoms. The van der Waals surface area contributed by atoms with Crippen LogP contribution in [-0.4, -0.2) is 20.1 Å². The van der Waals surface area contributed by atoms with E-state index in [0.29, 0.717) is 11.4 Å². The van der Waals surface area contributed by atoms with E-state index in [9.17, 15) is 5.11 Å². The van der Waals surface area contributed by atoms with E-state index in [1.165, 1.54) is 0 Å². The number of hydrogen-bond acceptors (Lipinski definition) is 7. The summed E-state index contributed by atoms with van der Waals surface area (Å²) in [5.41, 5.74) is 6.15. The molecular formula is C16H15N5O2. The van der Waals surface area contributed by atoms with Gasteiger partial charge >= 0.3 is 0 Å². The molecule has 0 aliphatic carbocycles. The number of ether oxygens (including phenoxy) is 1. The molecule has 0 saturated heterocycles. The van der Waals surface area contributed by atoms with Crippen LogP contribution in [0.1, 0.15) is 8.57 Å². The normalized spacial score (nSPS) is 12.2. The number of aliphatic hydroxyl groups is 1. The second-order valence-electron chi connectivity index (χ2n) is 4.52. The average Bonchev–Trinajstić information content (AvgIpc) is 2.56. The molecule has 0 saturated carbocycles. The SMILES string of the molecule is [2H]C([2H])(O)c1nc(N)nc(Nc2ccc(Oc3ccccc3)cc2)n1. The van der Waals surface area contributed by atoms with Crippen LogP contribution >= 0.6 is 0 Å². The van der Waals surface area contributed by atoms with Gasteiger partial charge in [0.1, 0.15) is 18.1 Å². The lowest BCUT2D eigenvalue weighted by atomic mass is 10.3. The standard InChI is InChI=1S/C16H15N5O2/c17-15-19-14(10-22)20-16(21-15)18-11-6-8-13(9-7-11)23-12-4-2-1-3-5-12/h1-9,22H,10H2,(H3,17,18,19,20,21)/i10D2. The molecule has 0 fully saturated rings. The maximum atomic E-state index is 9.36. The Bertz CT molecular complexity index is 855. The van der Waals surface area contributed by atoms with E-state index >= 15 is 0 Å². The van der Waals surface area contributed by atoms with Crippen molar-refractivity contribution in [1.82, 2.24) is 15.0 Å². The smallest absolute Gasteiger partial charge is 0.232 e. The molecule has 7 nitrogen and oxygen atoms in total. The summed E-state index contributed by atoms with van der Waals surface area (Å²) in [6.07, 6.45) is 0. The second-order valence-corrected chi connectivity index (χ2v) is 4.52. The van der Waals surface area contributed by atoms with Gasteiger partial charge in [-0.25, -0.2) is 0 Å². The van der Waals surface area contributed by atoms with E-state index in [1.807, 2.05) is 30.3 Å². The van der Waals surface area contributed by atoms with E-state index in [1.54, 1.807) is 24.3 Å². The molecule has 116 valence electrons. The lowest BCUT2D eigenvalue weighted by Crippen LogP contribution is -2.07. The topological polar surface area (TPSA) is 106 Å². The summed E-state index contributed by atoms with van der Waals surface area (Å²) in [7, 11) is 0. The summed E-state index contributed by atoms with van der Waals surface area (Å²) in [6.45, 7) is -2.71. The maximum Gasteiger partial charge on any atom is 0.232 e. The Kier molecular flexibility index (Phi) is 3.61. The van der Waals surface area contributed by atoms with E-state index in [2.05, 4.69) is 20.3 Å². The van der Waals surface area contributed by atoms with Gasteiger partial charge in [0.05, 0.1) is 2.74 Å². The Balaban J connectivity index is 1.74. The molecule has 0 unspecified atom stereocenters. The molecule has 3 aromatic rings. The number of aromatic nitrogens is 3. The Morgan fingerprint density at radius 1 is 1.00 bits per heavy atom. The number of rotatable bonds is 5. The van der Waals surface area contributed by atoms with Crippen molar-refractivity contribution < 1.29 is 12.6 Å². The molecule has 1 heterocycles. The Morgan fingerprint density at radius 2 is 1.70 bits per heavy atom. The Morgan fingerprint density at radius 3 is 2.39 bits per heavy atom. The molecule has 0 amide bonds. The number of anilines is 3. The zero-order chi connectivity index (χ0) is 17.9. The first kappa shape index (κ1) is 12.4. The van der Waals surface area contributed by atoms with Gasteiger partial charge in [-0.1, -0.05) is 18.2 Å². The second kappa shape index (κ2) is 6.71. The average molecular weight is 311 g/mol. The summed E-state index contributed by atoms with van der Waals surface area (Å²) in [6, 6.07) is 16.4. The molecule has 2 aromatic carbocycles. The minimum absolute atomic E-state index is 0.0251. The van der Waals surface area contributed by atoms with Crippen molar-refractivity contribution in [2.45, 2.75) is 6.56 Å². The van der Waals surface area contributed by atoms with Crippen molar-refractivity contribution in [3.63, 3.8) is 0 Å². The molecule has 7 heteroatoms. The third kappa shape index (κ3) is 3.92. The monoisotopic (exact) mass is 311 g/mol. The lowest BCUT2D eigenvalue weighted by Gasteiger charge is -2.08. The predicted octanol–water partition coefficient (Wildman–Crippen LogP) is 2.48. The van der Waals surface area contributed by atoms with Crippen molar-refractivity contribution in [3.8, 4) is 11.5 Å². The van der Waals surface area contributed by atoms with E-state index in [0.717, 1.165) is 5.75 Å². The van der Waals surface area contributed by atoms with Crippen molar-refractivity contribution in [3.05, 3.63) is 60.4 Å². The predicted molar refractivity (Wildman–Crippen MR) is 86.4 cm³/mol. The molecule has 1 aromatic heterocycles. The minimum Gasteiger partial charge on any atom is -0.457 e. The van der Waals surface area contributed by atoms with Gasteiger partial charge in [0, 0.05) is 5.69 Å². The molecule has 4 N–H and O–H groups in total. The molecule has 3 rings (SSSR count). The van der Waals surface area contributed by atoms with Crippen molar-refractivity contribution in [1.29, 1.82) is 0 Å². The summed E-state index contributed by atoms with van der Waals surface area (Å²) >= 11 is 0. The van der Waals surface area contributed by atoms with Crippen LogP contribution in [-0.2, 0) is 6.56 Å². The highest BCUT2D eigenvalue weighted by Crippen LogP contribution is 2.23. The summed E-state index contributed by atoms with van der Waals surface area (Å²) in [4.78, 5) is 11.3. The zero-order valence-corrected chi connectivity index (χ0v) is 12.0. The van der Waals surface area contributed by atoms with Crippen molar-refractivity contribution in [2.24, 2.45) is 0 Å². The Hall–Kier alpha value is -3.19. The number of benzene rings is 2. The Labute approximate surface area is 135 Å². The number of para-hydroxylation sites is 1. The van der Waals surface area contributed by atoms with Gasteiger partial charge in [-0.2, -0.15) is 15.0 Å². The van der Waals surface area contributed by atoms with Gasteiger partial charge in [-0.05, 0) is 36.4 Å². The van der Waals surface area contributed by atoms with Crippen LogP contribution in [0.2, 0.25) is 0 Å². The number of nitrogen functional groups attached to an aromatic ring is 1. The molecule has 0 aliphatic heterocycles. The highest BCUT2D eigenvalue weighted by molar-refractivity contribution is 5.55. The van der Waals surface area contributed by atoms with Crippen LogP contribution < -0.4 is 15.8 Å². The minimum atomic E-state index is -2.71. The highest BCUT2D eigenvalue weighted by Gasteiger charge is 2.04. The molecule has 0 radical (unpaired) electrons. The van der Waals surface area contributed by atoms with Crippen LogP contribution in [0.3, 0.4) is 0 Å². The fraction of sp³-hybridized carbons (Fsp3) is 0.0625. The van der Waals surface area contributed by atoms with Crippen molar-refractivity contribution in [2.75, 3.05) is 11.1 Å². The molecular weight excluding hydrogens is 294 g/mol. The number of hydrogen-bond donors (Lipinski definition) is 3. The fourth-order valence-corrected chi connectivity index (χ4v) is 1.86. The van der Waals surface area contributed by atoms with Gasteiger partial charge in [0.25, 0.3) is 0 Å². The number of nitrogens with zero attached hydrogens (tertiary/aromatic N) is 3. The third-order valence-corrected chi connectivity index (χ3v) is 2.84. The summed E-state index contributed by atoms with van der Waals surface area (Å²) < 4.78 is 20.2. The molecule has 23 heavy (non-hydrogen) atoms. The first-order valence-corrected chi connectivity index (χ1v) is 6.74.